The number of fused-ring (bicyclic) bond motifs is 1. The maximum absolute atomic E-state index is 6.11. The van der Waals surface area contributed by atoms with Crippen LogP contribution in [0.15, 0.2) is 16.5 Å². The van der Waals surface area contributed by atoms with E-state index >= 15 is 0 Å². The summed E-state index contributed by atoms with van der Waals surface area (Å²) in [5.74, 6) is 0.877. The van der Waals surface area contributed by atoms with Crippen LogP contribution in [0.1, 0.15) is 11.3 Å². The van der Waals surface area contributed by atoms with Gasteiger partial charge in [-0.2, -0.15) is 0 Å². The van der Waals surface area contributed by atoms with Gasteiger partial charge in [-0.15, -0.1) is 0 Å². The van der Waals surface area contributed by atoms with E-state index in [1.54, 1.807) is 12.1 Å². The van der Waals surface area contributed by atoms with Gasteiger partial charge >= 0.3 is 0 Å². The zero-order valence-electron chi connectivity index (χ0n) is 8.53. The van der Waals surface area contributed by atoms with Gasteiger partial charge in [0.1, 0.15) is 5.76 Å². The molecule has 4 heteroatoms. The van der Waals surface area contributed by atoms with Crippen LogP contribution in [-0.2, 0) is 6.54 Å². The van der Waals surface area contributed by atoms with Crippen molar-refractivity contribution >= 4 is 34.2 Å². The van der Waals surface area contributed by atoms with Gasteiger partial charge in [0.25, 0.3) is 0 Å². The van der Waals surface area contributed by atoms with Crippen LogP contribution in [-0.4, -0.2) is 7.05 Å². The standard InChI is InChI=1S/C11H11Cl2NO/c1-6-9(5-14-2)15-11-8(13)4-3-7(12)10(6)11/h3-4,14H,5H2,1-2H3. The van der Waals surface area contributed by atoms with Gasteiger partial charge in [-0.3, -0.25) is 0 Å². The molecule has 0 bridgehead atoms. The second-order valence-corrected chi connectivity index (χ2v) is 4.23. The van der Waals surface area contributed by atoms with Crippen LogP contribution in [0, 0.1) is 6.92 Å². The molecule has 2 rings (SSSR count). The fraction of sp³-hybridized carbons (Fsp3) is 0.273. The molecule has 1 heterocycles. The maximum Gasteiger partial charge on any atom is 0.154 e. The summed E-state index contributed by atoms with van der Waals surface area (Å²) >= 11 is 12.2. The quantitative estimate of drug-likeness (QED) is 0.869. The van der Waals surface area contributed by atoms with Crippen molar-refractivity contribution in [3.8, 4) is 0 Å². The monoisotopic (exact) mass is 243 g/mol. The smallest absolute Gasteiger partial charge is 0.154 e. The van der Waals surface area contributed by atoms with Crippen LogP contribution in [0.25, 0.3) is 11.0 Å². The van der Waals surface area contributed by atoms with E-state index in [1.807, 2.05) is 14.0 Å². The molecule has 0 fully saturated rings. The van der Waals surface area contributed by atoms with Gasteiger partial charge < -0.3 is 9.73 Å². The average Bonchev–Trinajstić information content (AvgIpc) is 2.53. The van der Waals surface area contributed by atoms with Crippen molar-refractivity contribution in [2.75, 3.05) is 7.05 Å². The number of benzene rings is 1. The van der Waals surface area contributed by atoms with Gasteiger partial charge in [0.2, 0.25) is 0 Å². The topological polar surface area (TPSA) is 25.2 Å². The Morgan fingerprint density at radius 1 is 1.27 bits per heavy atom. The van der Waals surface area contributed by atoms with E-state index in [-0.39, 0.29) is 0 Å². The molecular formula is C11H11Cl2NO. The fourth-order valence-electron chi connectivity index (χ4n) is 1.65. The summed E-state index contributed by atoms with van der Waals surface area (Å²) in [7, 11) is 1.87. The predicted molar refractivity (Wildman–Crippen MR) is 63.7 cm³/mol. The molecule has 2 nitrogen and oxygen atoms in total. The summed E-state index contributed by atoms with van der Waals surface area (Å²) in [5, 5.41) is 5.23. The number of halogens is 2. The van der Waals surface area contributed by atoms with E-state index in [4.69, 9.17) is 27.6 Å². The van der Waals surface area contributed by atoms with E-state index in [0.29, 0.717) is 22.2 Å². The van der Waals surface area contributed by atoms with E-state index in [2.05, 4.69) is 5.32 Å². The van der Waals surface area contributed by atoms with E-state index < -0.39 is 0 Å². The molecule has 2 aromatic rings. The molecule has 0 radical (unpaired) electrons. The van der Waals surface area contributed by atoms with Crippen molar-refractivity contribution in [1.82, 2.24) is 5.32 Å². The molecule has 0 spiro atoms. The predicted octanol–water partition coefficient (Wildman–Crippen LogP) is 3.77. The summed E-state index contributed by atoms with van der Waals surface area (Å²) < 4.78 is 5.67. The fourth-order valence-corrected chi connectivity index (χ4v) is 2.14. The van der Waals surface area contributed by atoms with Gasteiger partial charge in [-0.05, 0) is 26.1 Å². The Bertz CT molecular complexity index is 505. The summed E-state index contributed by atoms with van der Waals surface area (Å²) in [6.45, 7) is 2.66. The number of hydrogen-bond acceptors (Lipinski definition) is 2. The third-order valence-electron chi connectivity index (χ3n) is 2.41. The van der Waals surface area contributed by atoms with Crippen LogP contribution < -0.4 is 5.32 Å². The molecule has 0 aliphatic heterocycles. The largest absolute Gasteiger partial charge is 0.458 e. The summed E-state index contributed by atoms with van der Waals surface area (Å²) in [4.78, 5) is 0. The average molecular weight is 244 g/mol. The normalized spacial score (nSPS) is 11.2. The molecule has 0 saturated carbocycles. The third kappa shape index (κ3) is 1.73. The highest BCUT2D eigenvalue weighted by Crippen LogP contribution is 2.35. The minimum absolute atomic E-state index is 0.597. The number of nitrogens with one attached hydrogen (secondary N) is 1. The van der Waals surface area contributed by atoms with Crippen molar-refractivity contribution < 1.29 is 4.42 Å². The highest BCUT2D eigenvalue weighted by atomic mass is 35.5. The first kappa shape index (κ1) is 10.8. The Hall–Kier alpha value is -0.700. The van der Waals surface area contributed by atoms with Crippen LogP contribution in [0.5, 0.6) is 0 Å². The summed E-state index contributed by atoms with van der Waals surface area (Å²) in [6.07, 6.45) is 0. The molecule has 0 amide bonds. The van der Waals surface area contributed by atoms with Crippen molar-refractivity contribution in [3.63, 3.8) is 0 Å². The second-order valence-electron chi connectivity index (χ2n) is 3.41. The lowest BCUT2D eigenvalue weighted by Gasteiger charge is -1.95. The SMILES string of the molecule is CNCc1oc2c(Cl)ccc(Cl)c2c1C. The van der Waals surface area contributed by atoms with Crippen molar-refractivity contribution in [2.24, 2.45) is 0 Å². The van der Waals surface area contributed by atoms with Gasteiger partial charge in [0, 0.05) is 10.9 Å². The molecule has 0 aliphatic rings. The lowest BCUT2D eigenvalue weighted by atomic mass is 10.1. The van der Waals surface area contributed by atoms with E-state index in [9.17, 15) is 0 Å². The summed E-state index contributed by atoms with van der Waals surface area (Å²) in [6, 6.07) is 3.54. The summed E-state index contributed by atoms with van der Waals surface area (Å²) in [5.41, 5.74) is 1.72. The highest BCUT2D eigenvalue weighted by Gasteiger charge is 2.14. The van der Waals surface area contributed by atoms with Crippen molar-refractivity contribution in [3.05, 3.63) is 33.5 Å². The van der Waals surface area contributed by atoms with Crippen LogP contribution in [0.3, 0.4) is 0 Å². The van der Waals surface area contributed by atoms with Crippen LogP contribution in [0.4, 0.5) is 0 Å². The Labute approximate surface area is 98.2 Å². The molecule has 15 heavy (non-hydrogen) atoms. The Kier molecular flexibility index (Phi) is 2.91. The lowest BCUT2D eigenvalue weighted by molar-refractivity contribution is 0.527. The second kappa shape index (κ2) is 4.05. The van der Waals surface area contributed by atoms with Gasteiger partial charge in [-0.1, -0.05) is 23.2 Å². The zero-order valence-corrected chi connectivity index (χ0v) is 10.0. The van der Waals surface area contributed by atoms with Gasteiger partial charge in [-0.25, -0.2) is 0 Å². The molecule has 1 N–H and O–H groups in total. The third-order valence-corrected chi connectivity index (χ3v) is 3.03. The molecule has 1 aromatic carbocycles. The van der Waals surface area contributed by atoms with E-state index in [1.165, 1.54) is 0 Å². The first-order valence-corrected chi connectivity index (χ1v) is 5.41. The number of rotatable bonds is 2. The first-order chi connectivity index (χ1) is 7.15. The Morgan fingerprint density at radius 2 is 1.93 bits per heavy atom. The molecular weight excluding hydrogens is 233 g/mol. The van der Waals surface area contributed by atoms with Crippen molar-refractivity contribution in [2.45, 2.75) is 13.5 Å². The highest BCUT2D eigenvalue weighted by molar-refractivity contribution is 6.40. The van der Waals surface area contributed by atoms with Gasteiger partial charge in [0.05, 0.1) is 16.6 Å². The number of hydrogen-bond donors (Lipinski definition) is 1. The molecule has 0 aliphatic carbocycles. The Morgan fingerprint density at radius 3 is 2.53 bits per heavy atom. The lowest BCUT2D eigenvalue weighted by Crippen LogP contribution is -2.04. The maximum atomic E-state index is 6.11. The van der Waals surface area contributed by atoms with Crippen molar-refractivity contribution in [1.29, 1.82) is 0 Å². The van der Waals surface area contributed by atoms with Crippen LogP contribution in [0.2, 0.25) is 10.0 Å². The van der Waals surface area contributed by atoms with Crippen LogP contribution >= 0.6 is 23.2 Å². The van der Waals surface area contributed by atoms with E-state index in [0.717, 1.165) is 16.7 Å². The number of aryl methyl sites for hydroxylation is 1. The molecule has 0 unspecified atom stereocenters. The Balaban J connectivity index is 2.75. The molecule has 1 aromatic heterocycles. The molecule has 0 atom stereocenters. The minimum atomic E-state index is 0.597. The minimum Gasteiger partial charge on any atom is -0.458 e. The van der Waals surface area contributed by atoms with Gasteiger partial charge in [0.15, 0.2) is 5.58 Å². The number of furan rings is 1. The first-order valence-electron chi connectivity index (χ1n) is 4.65. The molecule has 0 saturated heterocycles. The zero-order chi connectivity index (χ0) is 11.0. The molecule has 80 valence electrons.